The fraction of sp³-hybridized carbons (Fsp3) is 0.450. The minimum Gasteiger partial charge on any atom is -0.463 e. The predicted molar refractivity (Wildman–Crippen MR) is 112 cm³/mol. The van der Waals surface area contributed by atoms with Gasteiger partial charge in [0.25, 0.3) is 0 Å². The second-order valence-electron chi connectivity index (χ2n) is 7.33. The van der Waals surface area contributed by atoms with Gasteiger partial charge in [0.15, 0.2) is 9.84 Å². The van der Waals surface area contributed by atoms with Crippen molar-refractivity contribution in [2.24, 2.45) is 5.92 Å². The molecule has 2 atom stereocenters. The number of urea groups is 1. The zero-order valence-corrected chi connectivity index (χ0v) is 18.4. The Hall–Kier alpha value is -2.59. The van der Waals surface area contributed by atoms with E-state index in [1.54, 1.807) is 31.2 Å². The number of carbonyl (C=O) groups is 3. The topological polar surface area (TPSA) is 128 Å². The van der Waals surface area contributed by atoms with E-state index in [0.29, 0.717) is 17.0 Å². The first-order chi connectivity index (χ1) is 14.7. The van der Waals surface area contributed by atoms with Gasteiger partial charge in [-0.1, -0.05) is 23.7 Å². The summed E-state index contributed by atoms with van der Waals surface area (Å²) in [7, 11) is -3.10. The molecular weight excluding hydrogens is 448 g/mol. The van der Waals surface area contributed by atoms with Crippen LogP contribution in [-0.4, -0.2) is 51.1 Å². The number of hydrogen-bond donors (Lipinski definition) is 2. The van der Waals surface area contributed by atoms with E-state index in [1.165, 1.54) is 0 Å². The number of esters is 2. The SMILES string of the molecule is CCOC(=O)C1=C(COC(=O)CC2CCS(=O)(=O)C2)NC(=O)NC1c1ccc(Cl)cc1. The van der Waals surface area contributed by atoms with Crippen molar-refractivity contribution in [3.05, 3.63) is 46.1 Å². The van der Waals surface area contributed by atoms with Crippen molar-refractivity contribution in [3.8, 4) is 0 Å². The smallest absolute Gasteiger partial charge is 0.338 e. The van der Waals surface area contributed by atoms with Crippen LogP contribution in [0.15, 0.2) is 35.5 Å². The average Bonchev–Trinajstić information content (AvgIpc) is 3.04. The summed E-state index contributed by atoms with van der Waals surface area (Å²) in [6, 6.07) is 5.20. The lowest BCUT2D eigenvalue weighted by atomic mass is 9.95. The molecule has 168 valence electrons. The van der Waals surface area contributed by atoms with Gasteiger partial charge in [-0.3, -0.25) is 4.79 Å². The van der Waals surface area contributed by atoms with E-state index in [9.17, 15) is 22.8 Å². The van der Waals surface area contributed by atoms with Gasteiger partial charge in [-0.25, -0.2) is 18.0 Å². The third kappa shape index (κ3) is 5.98. The second-order valence-corrected chi connectivity index (χ2v) is 9.99. The molecule has 2 N–H and O–H groups in total. The van der Waals surface area contributed by atoms with Gasteiger partial charge >= 0.3 is 18.0 Å². The molecule has 9 nitrogen and oxygen atoms in total. The lowest BCUT2D eigenvalue weighted by Gasteiger charge is -2.29. The van der Waals surface area contributed by atoms with E-state index in [1.807, 2.05) is 0 Å². The van der Waals surface area contributed by atoms with Crippen molar-refractivity contribution in [3.63, 3.8) is 0 Å². The Bertz CT molecular complexity index is 1000. The number of halogens is 1. The number of carbonyl (C=O) groups excluding carboxylic acids is 3. The highest BCUT2D eigenvalue weighted by Crippen LogP contribution is 2.29. The molecule has 0 spiro atoms. The Balaban J connectivity index is 1.79. The predicted octanol–water partition coefficient (Wildman–Crippen LogP) is 1.88. The summed E-state index contributed by atoms with van der Waals surface area (Å²) < 4.78 is 33.5. The molecule has 2 unspecified atom stereocenters. The minimum atomic E-state index is -3.10. The van der Waals surface area contributed by atoms with Gasteiger partial charge in [0, 0.05) is 11.4 Å². The molecule has 1 aromatic carbocycles. The van der Waals surface area contributed by atoms with Gasteiger partial charge in [-0.2, -0.15) is 0 Å². The Morgan fingerprint density at radius 2 is 1.90 bits per heavy atom. The standard InChI is InChI=1S/C20H23ClN2O7S/c1-2-29-19(25)17-15(10-30-16(24)9-12-7-8-31(27,28)11-12)22-20(26)23-18(17)13-3-5-14(21)6-4-13/h3-6,12,18H,2,7-11H2,1H3,(H2,22,23,26). The summed E-state index contributed by atoms with van der Waals surface area (Å²) in [5.41, 5.74) is 0.817. The van der Waals surface area contributed by atoms with Gasteiger partial charge in [0.1, 0.15) is 6.61 Å². The van der Waals surface area contributed by atoms with E-state index in [4.69, 9.17) is 21.1 Å². The van der Waals surface area contributed by atoms with E-state index >= 15 is 0 Å². The maximum absolute atomic E-state index is 12.7. The van der Waals surface area contributed by atoms with Gasteiger partial charge in [0.2, 0.25) is 0 Å². The van der Waals surface area contributed by atoms with E-state index in [-0.39, 0.29) is 48.3 Å². The number of benzene rings is 1. The Kier molecular flexibility index (Phi) is 7.22. The Morgan fingerprint density at radius 1 is 1.19 bits per heavy atom. The minimum absolute atomic E-state index is 0.0435. The summed E-state index contributed by atoms with van der Waals surface area (Å²) >= 11 is 5.93. The molecule has 11 heteroatoms. The molecule has 0 radical (unpaired) electrons. The van der Waals surface area contributed by atoms with Crippen LogP contribution in [-0.2, 0) is 28.9 Å². The first kappa shape index (κ1) is 23.1. The van der Waals surface area contributed by atoms with Gasteiger partial charge in [-0.05, 0) is 37.0 Å². The zero-order chi connectivity index (χ0) is 22.6. The molecule has 1 saturated heterocycles. The van der Waals surface area contributed by atoms with Crippen LogP contribution in [0.2, 0.25) is 5.02 Å². The number of amides is 2. The zero-order valence-electron chi connectivity index (χ0n) is 16.9. The number of rotatable bonds is 7. The molecule has 3 rings (SSSR count). The monoisotopic (exact) mass is 470 g/mol. The average molecular weight is 471 g/mol. The van der Waals surface area contributed by atoms with Crippen LogP contribution in [0.4, 0.5) is 4.79 Å². The molecule has 2 heterocycles. The lowest BCUT2D eigenvalue weighted by molar-refractivity contribution is -0.144. The van der Waals surface area contributed by atoms with Crippen molar-refractivity contribution >= 4 is 39.4 Å². The number of ether oxygens (including phenoxy) is 2. The third-order valence-electron chi connectivity index (χ3n) is 5.01. The van der Waals surface area contributed by atoms with Crippen molar-refractivity contribution in [1.82, 2.24) is 10.6 Å². The largest absolute Gasteiger partial charge is 0.463 e. The molecule has 31 heavy (non-hydrogen) atoms. The van der Waals surface area contributed by atoms with Gasteiger partial charge in [-0.15, -0.1) is 0 Å². The van der Waals surface area contributed by atoms with Crippen molar-refractivity contribution in [1.29, 1.82) is 0 Å². The molecule has 2 aliphatic rings. The van der Waals surface area contributed by atoms with E-state index < -0.39 is 33.8 Å². The normalized spacial score (nSPS) is 22.5. The summed E-state index contributed by atoms with van der Waals surface area (Å²) in [5.74, 6) is -1.54. The van der Waals surface area contributed by atoms with Crippen LogP contribution in [0, 0.1) is 5.92 Å². The summed E-state index contributed by atoms with van der Waals surface area (Å²) in [5, 5.41) is 5.67. The fourth-order valence-corrected chi connectivity index (χ4v) is 5.56. The Labute approximate surface area is 185 Å². The van der Waals surface area contributed by atoms with Crippen molar-refractivity contribution in [2.75, 3.05) is 24.7 Å². The third-order valence-corrected chi connectivity index (χ3v) is 7.10. The molecule has 0 bridgehead atoms. The molecule has 0 aromatic heterocycles. The fourth-order valence-electron chi connectivity index (χ4n) is 3.57. The maximum atomic E-state index is 12.7. The quantitative estimate of drug-likeness (QED) is 0.582. The van der Waals surface area contributed by atoms with Gasteiger partial charge < -0.3 is 20.1 Å². The number of sulfone groups is 1. The highest BCUT2D eigenvalue weighted by Gasteiger charge is 2.35. The van der Waals surface area contributed by atoms with Crippen molar-refractivity contribution in [2.45, 2.75) is 25.8 Å². The first-order valence-electron chi connectivity index (χ1n) is 9.77. The van der Waals surface area contributed by atoms with Gasteiger partial charge in [0.05, 0.1) is 35.4 Å². The van der Waals surface area contributed by atoms with Crippen molar-refractivity contribution < 1.29 is 32.3 Å². The van der Waals surface area contributed by atoms with Crippen LogP contribution >= 0.6 is 11.6 Å². The summed E-state index contributed by atoms with van der Waals surface area (Å²) in [6.45, 7) is 1.41. The molecule has 0 aliphatic carbocycles. The second kappa shape index (κ2) is 9.69. The molecule has 0 saturated carbocycles. The van der Waals surface area contributed by atoms with Crippen LogP contribution in [0.1, 0.15) is 31.4 Å². The van der Waals surface area contributed by atoms with Crippen LogP contribution in [0.25, 0.3) is 0 Å². The lowest BCUT2D eigenvalue weighted by Crippen LogP contribution is -2.47. The van der Waals surface area contributed by atoms with Crippen LogP contribution in [0.3, 0.4) is 0 Å². The highest BCUT2D eigenvalue weighted by atomic mass is 35.5. The van der Waals surface area contributed by atoms with Crippen LogP contribution < -0.4 is 10.6 Å². The number of nitrogens with one attached hydrogen (secondary N) is 2. The summed E-state index contributed by atoms with van der Waals surface area (Å²) in [6.07, 6.45) is 0.363. The molecule has 1 aromatic rings. The van der Waals surface area contributed by atoms with Crippen LogP contribution in [0.5, 0.6) is 0 Å². The summed E-state index contributed by atoms with van der Waals surface area (Å²) in [4.78, 5) is 37.1. The maximum Gasteiger partial charge on any atom is 0.338 e. The molecule has 2 aliphatic heterocycles. The van der Waals surface area contributed by atoms with E-state index in [0.717, 1.165) is 0 Å². The van der Waals surface area contributed by atoms with E-state index in [2.05, 4.69) is 10.6 Å². The molecule has 1 fully saturated rings. The Morgan fingerprint density at radius 3 is 2.52 bits per heavy atom. The molecule has 2 amide bonds. The number of hydrogen-bond acceptors (Lipinski definition) is 7. The highest BCUT2D eigenvalue weighted by molar-refractivity contribution is 7.91. The molecular formula is C20H23ClN2O7S. The first-order valence-corrected chi connectivity index (χ1v) is 12.0.